The Hall–Kier alpha value is -1.87. The third kappa shape index (κ3) is 3.61. The first-order valence-electron chi connectivity index (χ1n) is 7.29. The predicted molar refractivity (Wildman–Crippen MR) is 84.3 cm³/mol. The maximum absolute atomic E-state index is 13.5. The van der Waals surface area contributed by atoms with Crippen LogP contribution in [0.2, 0.25) is 0 Å². The molecule has 0 radical (unpaired) electrons. The van der Waals surface area contributed by atoms with Crippen LogP contribution in [-0.4, -0.2) is 14.2 Å². The Bertz CT molecular complexity index is 580. The number of nitrogens with one attached hydrogen (secondary N) is 1. The maximum Gasteiger partial charge on any atom is 0.165 e. The van der Waals surface area contributed by atoms with Gasteiger partial charge in [0.2, 0.25) is 0 Å². The van der Waals surface area contributed by atoms with Crippen molar-refractivity contribution >= 4 is 0 Å². The minimum Gasteiger partial charge on any atom is -0.494 e. The van der Waals surface area contributed by atoms with E-state index in [2.05, 4.69) is 36.5 Å². The molecule has 1 atom stereocenters. The number of hydrogen-bond acceptors (Lipinski definition) is 2. The smallest absolute Gasteiger partial charge is 0.165 e. The third-order valence-corrected chi connectivity index (χ3v) is 3.65. The summed E-state index contributed by atoms with van der Waals surface area (Å²) in [4.78, 5) is 0. The standard InChI is InChI=1S/C18H22FNO/c1-4-5-13-6-8-14(9-7-13)18(20-2)15-10-11-16(19)17(12-15)21-3/h6-12,18,20H,4-5H2,1-3H3. The van der Waals surface area contributed by atoms with Gasteiger partial charge in [0, 0.05) is 0 Å². The summed E-state index contributed by atoms with van der Waals surface area (Å²) in [5.41, 5.74) is 3.48. The van der Waals surface area contributed by atoms with Crippen LogP contribution in [0, 0.1) is 5.82 Å². The van der Waals surface area contributed by atoms with Crippen molar-refractivity contribution in [1.29, 1.82) is 0 Å². The molecule has 1 unspecified atom stereocenters. The summed E-state index contributed by atoms with van der Waals surface area (Å²) in [6.07, 6.45) is 2.23. The van der Waals surface area contributed by atoms with Crippen LogP contribution >= 0.6 is 0 Å². The Balaban J connectivity index is 2.30. The highest BCUT2D eigenvalue weighted by molar-refractivity contribution is 5.38. The summed E-state index contributed by atoms with van der Waals surface area (Å²) in [6.45, 7) is 2.18. The van der Waals surface area contributed by atoms with Crippen molar-refractivity contribution in [1.82, 2.24) is 5.32 Å². The van der Waals surface area contributed by atoms with Crippen molar-refractivity contribution in [2.45, 2.75) is 25.8 Å². The molecule has 3 heteroatoms. The second kappa shape index (κ2) is 7.23. The fraction of sp³-hybridized carbons (Fsp3) is 0.333. The van der Waals surface area contributed by atoms with E-state index in [4.69, 9.17) is 4.74 Å². The van der Waals surface area contributed by atoms with Gasteiger partial charge < -0.3 is 10.1 Å². The van der Waals surface area contributed by atoms with E-state index in [0.29, 0.717) is 0 Å². The lowest BCUT2D eigenvalue weighted by Gasteiger charge is -2.18. The molecule has 21 heavy (non-hydrogen) atoms. The van der Waals surface area contributed by atoms with E-state index in [9.17, 15) is 4.39 Å². The van der Waals surface area contributed by atoms with Crippen molar-refractivity contribution in [3.8, 4) is 5.75 Å². The number of ether oxygens (including phenoxy) is 1. The lowest BCUT2D eigenvalue weighted by atomic mass is 9.97. The van der Waals surface area contributed by atoms with Gasteiger partial charge in [0.1, 0.15) is 0 Å². The van der Waals surface area contributed by atoms with Crippen LogP contribution in [-0.2, 0) is 6.42 Å². The first kappa shape index (κ1) is 15.5. The summed E-state index contributed by atoms with van der Waals surface area (Å²) in [5.74, 6) is -0.0650. The predicted octanol–water partition coefficient (Wildman–Crippen LogP) is 4.10. The number of rotatable bonds is 6. The van der Waals surface area contributed by atoms with Crippen LogP contribution in [0.4, 0.5) is 4.39 Å². The molecule has 0 fully saturated rings. The molecule has 0 saturated heterocycles. The summed E-state index contributed by atoms with van der Waals surface area (Å²) < 4.78 is 18.6. The number of methoxy groups -OCH3 is 1. The van der Waals surface area contributed by atoms with E-state index in [0.717, 1.165) is 24.0 Å². The zero-order valence-corrected chi connectivity index (χ0v) is 12.8. The molecule has 2 nitrogen and oxygen atoms in total. The molecule has 0 aliphatic rings. The highest BCUT2D eigenvalue weighted by atomic mass is 19.1. The van der Waals surface area contributed by atoms with E-state index in [1.807, 2.05) is 7.05 Å². The SMILES string of the molecule is CCCc1ccc(C(NC)c2ccc(F)c(OC)c2)cc1. The first-order chi connectivity index (χ1) is 10.2. The van der Waals surface area contributed by atoms with Gasteiger partial charge in [-0.15, -0.1) is 0 Å². The number of benzene rings is 2. The molecule has 0 spiro atoms. The van der Waals surface area contributed by atoms with Gasteiger partial charge in [0.25, 0.3) is 0 Å². The van der Waals surface area contributed by atoms with E-state index in [1.165, 1.54) is 18.7 Å². The van der Waals surface area contributed by atoms with Crippen LogP contribution < -0.4 is 10.1 Å². The Labute approximate surface area is 126 Å². The van der Waals surface area contributed by atoms with Gasteiger partial charge in [-0.2, -0.15) is 0 Å². The molecular weight excluding hydrogens is 265 g/mol. The molecule has 0 heterocycles. The normalized spacial score (nSPS) is 12.2. The Morgan fingerprint density at radius 3 is 2.33 bits per heavy atom. The average molecular weight is 287 g/mol. The van der Waals surface area contributed by atoms with E-state index in [1.54, 1.807) is 12.1 Å². The first-order valence-corrected chi connectivity index (χ1v) is 7.29. The van der Waals surface area contributed by atoms with Gasteiger partial charge in [0.05, 0.1) is 13.2 Å². The monoisotopic (exact) mass is 287 g/mol. The van der Waals surface area contributed by atoms with Crippen molar-refractivity contribution in [2.75, 3.05) is 14.2 Å². The van der Waals surface area contributed by atoms with Gasteiger partial charge in [-0.3, -0.25) is 0 Å². The molecule has 0 amide bonds. The molecular formula is C18H22FNO. The fourth-order valence-electron chi connectivity index (χ4n) is 2.55. The van der Waals surface area contributed by atoms with Crippen LogP contribution in [0.5, 0.6) is 5.75 Å². The van der Waals surface area contributed by atoms with Crippen molar-refractivity contribution < 1.29 is 9.13 Å². The minimum absolute atomic E-state index is 0.0233. The molecule has 1 N–H and O–H groups in total. The van der Waals surface area contributed by atoms with Gasteiger partial charge in [-0.1, -0.05) is 43.7 Å². The van der Waals surface area contributed by atoms with Crippen molar-refractivity contribution in [2.24, 2.45) is 0 Å². The van der Waals surface area contributed by atoms with Crippen molar-refractivity contribution in [3.63, 3.8) is 0 Å². The fourth-order valence-corrected chi connectivity index (χ4v) is 2.55. The Morgan fingerprint density at radius 1 is 1.10 bits per heavy atom. The largest absolute Gasteiger partial charge is 0.494 e. The Kier molecular flexibility index (Phi) is 5.34. The van der Waals surface area contributed by atoms with E-state index in [-0.39, 0.29) is 17.6 Å². The Morgan fingerprint density at radius 2 is 1.76 bits per heavy atom. The molecule has 2 rings (SSSR count). The summed E-state index contributed by atoms with van der Waals surface area (Å²) in [6, 6.07) is 13.6. The maximum atomic E-state index is 13.5. The van der Waals surface area contributed by atoms with E-state index >= 15 is 0 Å². The molecule has 2 aromatic rings. The zero-order valence-electron chi connectivity index (χ0n) is 12.8. The van der Waals surface area contributed by atoms with E-state index < -0.39 is 0 Å². The topological polar surface area (TPSA) is 21.3 Å². The lowest BCUT2D eigenvalue weighted by molar-refractivity contribution is 0.385. The lowest BCUT2D eigenvalue weighted by Crippen LogP contribution is -2.17. The average Bonchev–Trinajstić information content (AvgIpc) is 2.51. The van der Waals surface area contributed by atoms with Crippen molar-refractivity contribution in [3.05, 3.63) is 65.0 Å². The van der Waals surface area contributed by atoms with Crippen LogP contribution in [0.25, 0.3) is 0 Å². The second-order valence-corrected chi connectivity index (χ2v) is 5.11. The molecule has 112 valence electrons. The molecule has 0 saturated carbocycles. The minimum atomic E-state index is -0.339. The number of aryl methyl sites for hydroxylation is 1. The summed E-state index contributed by atoms with van der Waals surface area (Å²) in [7, 11) is 3.39. The highest BCUT2D eigenvalue weighted by Crippen LogP contribution is 2.27. The van der Waals surface area contributed by atoms with Gasteiger partial charge in [0.15, 0.2) is 11.6 Å². The quantitative estimate of drug-likeness (QED) is 0.864. The second-order valence-electron chi connectivity index (χ2n) is 5.11. The zero-order chi connectivity index (χ0) is 15.2. The van der Waals surface area contributed by atoms with Gasteiger partial charge in [-0.25, -0.2) is 4.39 Å². The number of hydrogen-bond donors (Lipinski definition) is 1. The molecule has 0 aliphatic heterocycles. The van der Waals surface area contributed by atoms with Gasteiger partial charge >= 0.3 is 0 Å². The molecule has 0 bridgehead atoms. The highest BCUT2D eigenvalue weighted by Gasteiger charge is 2.14. The van der Waals surface area contributed by atoms with Crippen LogP contribution in [0.15, 0.2) is 42.5 Å². The molecule has 2 aromatic carbocycles. The molecule has 0 aromatic heterocycles. The third-order valence-electron chi connectivity index (χ3n) is 3.65. The van der Waals surface area contributed by atoms with Gasteiger partial charge in [-0.05, 0) is 42.3 Å². The molecule has 0 aliphatic carbocycles. The summed E-state index contributed by atoms with van der Waals surface area (Å²) in [5, 5.41) is 3.28. The van der Waals surface area contributed by atoms with Crippen LogP contribution in [0.1, 0.15) is 36.1 Å². The number of halogens is 1. The summed E-state index contributed by atoms with van der Waals surface area (Å²) >= 11 is 0. The van der Waals surface area contributed by atoms with Crippen LogP contribution in [0.3, 0.4) is 0 Å².